The van der Waals surface area contributed by atoms with Gasteiger partial charge in [-0.1, -0.05) is 12.1 Å². The van der Waals surface area contributed by atoms with E-state index >= 15 is 0 Å². The molecule has 1 heterocycles. The zero-order chi connectivity index (χ0) is 11.6. The summed E-state index contributed by atoms with van der Waals surface area (Å²) in [6.07, 6.45) is 3.30. The topological polar surface area (TPSA) is 64.0 Å². The third-order valence-corrected chi connectivity index (χ3v) is 3.64. The molecule has 6 heteroatoms. The number of nitrogens with zero attached hydrogens (tertiary/aromatic N) is 2. The first kappa shape index (κ1) is 10.8. The summed E-state index contributed by atoms with van der Waals surface area (Å²) in [6.45, 7) is 0. The quantitative estimate of drug-likeness (QED) is 0.858. The molecular formula is C10H11N3O2S. The maximum atomic E-state index is 11.8. The lowest BCUT2D eigenvalue weighted by Gasteiger charge is -2.08. The van der Waals surface area contributed by atoms with E-state index in [2.05, 4.69) is 9.82 Å². The molecule has 2 rings (SSSR count). The van der Waals surface area contributed by atoms with Gasteiger partial charge in [-0.3, -0.25) is 0 Å². The Hall–Kier alpha value is -1.66. The number of para-hydroxylation sites is 1. The van der Waals surface area contributed by atoms with Crippen LogP contribution in [0.3, 0.4) is 0 Å². The number of aromatic nitrogens is 2. The lowest BCUT2D eigenvalue weighted by Crippen LogP contribution is -2.20. The Morgan fingerprint density at radius 2 is 2.00 bits per heavy atom. The predicted octanol–water partition coefficient (Wildman–Crippen LogP) is 0.780. The normalized spacial score (nSPS) is 11.6. The van der Waals surface area contributed by atoms with E-state index in [1.807, 2.05) is 0 Å². The minimum absolute atomic E-state index is 0.209. The fraction of sp³-hybridized carbons (Fsp3) is 0.100. The highest BCUT2D eigenvalue weighted by Gasteiger charge is 2.16. The van der Waals surface area contributed by atoms with Gasteiger partial charge in [0, 0.05) is 12.4 Å². The van der Waals surface area contributed by atoms with Crippen LogP contribution in [0.4, 0.5) is 0 Å². The molecule has 1 aromatic carbocycles. The third kappa shape index (κ3) is 1.84. The number of nitrogens with one attached hydrogen (secondary N) is 1. The molecule has 0 aliphatic rings. The van der Waals surface area contributed by atoms with Crippen molar-refractivity contribution in [1.82, 2.24) is 14.5 Å². The highest BCUT2D eigenvalue weighted by Crippen LogP contribution is 2.18. The molecule has 1 aromatic heterocycles. The van der Waals surface area contributed by atoms with Crippen LogP contribution in [0, 0.1) is 0 Å². The van der Waals surface area contributed by atoms with Gasteiger partial charge in [-0.25, -0.2) is 17.8 Å². The van der Waals surface area contributed by atoms with Crippen LogP contribution in [0.2, 0.25) is 0 Å². The van der Waals surface area contributed by atoms with Gasteiger partial charge < -0.3 is 0 Å². The van der Waals surface area contributed by atoms with Gasteiger partial charge in [-0.2, -0.15) is 5.10 Å². The molecule has 16 heavy (non-hydrogen) atoms. The molecule has 84 valence electrons. The van der Waals surface area contributed by atoms with Crippen molar-refractivity contribution in [3.63, 3.8) is 0 Å². The maximum absolute atomic E-state index is 11.8. The maximum Gasteiger partial charge on any atom is 0.242 e. The van der Waals surface area contributed by atoms with Gasteiger partial charge in [0.1, 0.15) is 4.90 Å². The molecule has 0 aliphatic carbocycles. The summed E-state index contributed by atoms with van der Waals surface area (Å²) >= 11 is 0. The zero-order valence-corrected chi connectivity index (χ0v) is 9.48. The van der Waals surface area contributed by atoms with E-state index in [-0.39, 0.29) is 4.90 Å². The number of benzene rings is 1. The molecular weight excluding hydrogens is 226 g/mol. The van der Waals surface area contributed by atoms with Crippen molar-refractivity contribution in [3.8, 4) is 5.69 Å². The Kier molecular flexibility index (Phi) is 2.76. The first-order valence-electron chi connectivity index (χ1n) is 4.68. The van der Waals surface area contributed by atoms with Crippen molar-refractivity contribution in [2.24, 2.45) is 0 Å². The van der Waals surface area contributed by atoms with Crippen LogP contribution in [-0.2, 0) is 10.0 Å². The van der Waals surface area contributed by atoms with E-state index < -0.39 is 10.0 Å². The van der Waals surface area contributed by atoms with Gasteiger partial charge in [0.2, 0.25) is 10.0 Å². The van der Waals surface area contributed by atoms with Crippen LogP contribution >= 0.6 is 0 Å². The highest BCUT2D eigenvalue weighted by atomic mass is 32.2. The Morgan fingerprint density at radius 3 is 2.62 bits per heavy atom. The fourth-order valence-electron chi connectivity index (χ4n) is 1.39. The molecule has 0 fully saturated rings. The number of rotatable bonds is 3. The van der Waals surface area contributed by atoms with E-state index in [0.29, 0.717) is 5.69 Å². The van der Waals surface area contributed by atoms with E-state index in [9.17, 15) is 8.42 Å². The molecule has 0 bridgehead atoms. The molecule has 0 spiro atoms. The highest BCUT2D eigenvalue weighted by molar-refractivity contribution is 7.89. The van der Waals surface area contributed by atoms with Crippen molar-refractivity contribution in [2.75, 3.05) is 7.05 Å². The van der Waals surface area contributed by atoms with Crippen LogP contribution in [0.25, 0.3) is 5.69 Å². The van der Waals surface area contributed by atoms with Gasteiger partial charge in [0.15, 0.2) is 0 Å². The van der Waals surface area contributed by atoms with Crippen LogP contribution < -0.4 is 4.72 Å². The second-order valence-corrected chi connectivity index (χ2v) is 4.98. The third-order valence-electron chi connectivity index (χ3n) is 2.17. The monoisotopic (exact) mass is 237 g/mol. The van der Waals surface area contributed by atoms with Crippen LogP contribution in [0.1, 0.15) is 0 Å². The Labute approximate surface area is 93.8 Å². The van der Waals surface area contributed by atoms with E-state index in [1.165, 1.54) is 11.7 Å². The van der Waals surface area contributed by atoms with Crippen molar-refractivity contribution in [3.05, 3.63) is 42.7 Å². The molecule has 0 amide bonds. The minimum Gasteiger partial charge on any atom is -0.240 e. The summed E-state index contributed by atoms with van der Waals surface area (Å²) in [4.78, 5) is 0.209. The summed E-state index contributed by atoms with van der Waals surface area (Å²) in [5.41, 5.74) is 0.529. The summed E-state index contributed by atoms with van der Waals surface area (Å²) in [6, 6.07) is 8.44. The molecule has 0 saturated heterocycles. The van der Waals surface area contributed by atoms with Crippen molar-refractivity contribution >= 4 is 10.0 Å². The molecule has 5 nitrogen and oxygen atoms in total. The molecule has 0 aliphatic heterocycles. The van der Waals surface area contributed by atoms with Gasteiger partial charge >= 0.3 is 0 Å². The van der Waals surface area contributed by atoms with Crippen molar-refractivity contribution in [1.29, 1.82) is 0 Å². The fourth-order valence-corrected chi connectivity index (χ4v) is 2.31. The van der Waals surface area contributed by atoms with Crippen LogP contribution in [0.5, 0.6) is 0 Å². The summed E-state index contributed by atoms with van der Waals surface area (Å²) in [5, 5.41) is 4.02. The SMILES string of the molecule is CNS(=O)(=O)c1ccccc1-n1cccn1. The number of hydrogen-bond acceptors (Lipinski definition) is 3. The second-order valence-electron chi connectivity index (χ2n) is 3.13. The molecule has 0 saturated carbocycles. The van der Waals surface area contributed by atoms with Gasteiger partial charge in [0.25, 0.3) is 0 Å². The second kappa shape index (κ2) is 4.07. The van der Waals surface area contributed by atoms with Gasteiger partial charge in [-0.15, -0.1) is 0 Å². The van der Waals surface area contributed by atoms with Crippen molar-refractivity contribution in [2.45, 2.75) is 4.90 Å². The van der Waals surface area contributed by atoms with E-state index in [4.69, 9.17) is 0 Å². The number of sulfonamides is 1. The molecule has 0 atom stereocenters. The Morgan fingerprint density at radius 1 is 1.25 bits per heavy atom. The first-order chi connectivity index (χ1) is 7.65. The summed E-state index contributed by atoms with van der Waals surface area (Å²) in [7, 11) is -2.08. The lowest BCUT2D eigenvalue weighted by atomic mass is 10.3. The summed E-state index contributed by atoms with van der Waals surface area (Å²) < 4.78 is 27.3. The molecule has 0 radical (unpaired) electrons. The Balaban J connectivity index is 2.65. The van der Waals surface area contributed by atoms with Crippen LogP contribution in [0.15, 0.2) is 47.6 Å². The molecule has 2 aromatic rings. The van der Waals surface area contributed by atoms with Gasteiger partial charge in [-0.05, 0) is 25.2 Å². The number of hydrogen-bond donors (Lipinski definition) is 1. The average Bonchev–Trinajstić information content (AvgIpc) is 2.82. The zero-order valence-electron chi connectivity index (χ0n) is 8.66. The summed E-state index contributed by atoms with van der Waals surface area (Å²) in [5.74, 6) is 0. The van der Waals surface area contributed by atoms with E-state index in [0.717, 1.165) is 0 Å². The lowest BCUT2D eigenvalue weighted by molar-refractivity contribution is 0.587. The molecule has 1 N–H and O–H groups in total. The van der Waals surface area contributed by atoms with Crippen LogP contribution in [-0.4, -0.2) is 25.2 Å². The minimum atomic E-state index is -3.47. The molecule has 0 unspecified atom stereocenters. The van der Waals surface area contributed by atoms with Gasteiger partial charge in [0.05, 0.1) is 5.69 Å². The largest absolute Gasteiger partial charge is 0.242 e. The van der Waals surface area contributed by atoms with Crippen molar-refractivity contribution < 1.29 is 8.42 Å². The smallest absolute Gasteiger partial charge is 0.240 e. The first-order valence-corrected chi connectivity index (χ1v) is 6.16. The Bertz CT molecular complexity index is 576. The standard InChI is InChI=1S/C10H11N3O2S/c1-11-16(14,15)10-6-3-2-5-9(10)13-8-4-7-12-13/h2-8,11H,1H3. The van der Waals surface area contributed by atoms with E-state index in [1.54, 1.807) is 42.7 Å². The predicted molar refractivity (Wildman–Crippen MR) is 59.8 cm³/mol. The average molecular weight is 237 g/mol.